The van der Waals surface area contributed by atoms with Gasteiger partial charge in [0.15, 0.2) is 0 Å². The highest BCUT2D eigenvalue weighted by Crippen LogP contribution is 2.28. The third-order valence-electron chi connectivity index (χ3n) is 5.49. The molecule has 38 heavy (non-hydrogen) atoms. The summed E-state index contributed by atoms with van der Waals surface area (Å²) in [6, 6.07) is 11.7. The van der Waals surface area contributed by atoms with Crippen molar-refractivity contribution in [1.82, 2.24) is 9.55 Å². The second kappa shape index (κ2) is 12.4. The number of alkyl halides is 3. The molecule has 0 spiro atoms. The van der Waals surface area contributed by atoms with E-state index in [1.54, 1.807) is 30.3 Å². The summed E-state index contributed by atoms with van der Waals surface area (Å²) in [6.45, 7) is 2.48. The van der Waals surface area contributed by atoms with Crippen LogP contribution in [0.15, 0.2) is 60.9 Å². The Morgan fingerprint density at radius 3 is 2.47 bits per heavy atom. The molecule has 1 aromatic heterocycles. The van der Waals surface area contributed by atoms with Gasteiger partial charge in [-0.05, 0) is 42.3 Å². The molecule has 3 rings (SSSR count). The van der Waals surface area contributed by atoms with Crippen molar-refractivity contribution in [2.24, 2.45) is 0 Å². The van der Waals surface area contributed by atoms with Crippen LogP contribution in [0, 0.1) is 0 Å². The lowest BCUT2D eigenvalue weighted by molar-refractivity contribution is -0.0429. The summed E-state index contributed by atoms with van der Waals surface area (Å²) in [5.74, 6) is 0.0211. The highest BCUT2D eigenvalue weighted by Gasteiger charge is 2.46. The second-order valence-electron chi connectivity index (χ2n) is 8.29. The lowest BCUT2D eigenvalue weighted by atomic mass is 10.1. The van der Waals surface area contributed by atoms with Crippen molar-refractivity contribution in [2.45, 2.75) is 44.7 Å². The first-order valence-electron chi connectivity index (χ1n) is 11.6. The van der Waals surface area contributed by atoms with E-state index in [1.165, 1.54) is 22.9 Å². The fourth-order valence-corrected chi connectivity index (χ4v) is 4.42. The maximum absolute atomic E-state index is 12.8. The fourth-order valence-electron chi connectivity index (χ4n) is 3.56. The van der Waals surface area contributed by atoms with Crippen LogP contribution in [0.3, 0.4) is 0 Å². The van der Waals surface area contributed by atoms with Gasteiger partial charge in [0.2, 0.25) is 0 Å². The number of rotatable bonds is 11. The molecule has 13 heteroatoms. The summed E-state index contributed by atoms with van der Waals surface area (Å²) in [5, 5.41) is 12.0. The van der Waals surface area contributed by atoms with E-state index in [1.807, 2.05) is 4.57 Å². The Morgan fingerprint density at radius 1 is 1.16 bits per heavy atom. The Labute approximate surface area is 223 Å². The number of aryl methyl sites for hydroxylation is 1. The molecule has 3 aromatic rings. The number of halogens is 4. The molecule has 0 fully saturated rings. The number of imidazole rings is 1. The van der Waals surface area contributed by atoms with Gasteiger partial charge < -0.3 is 15.0 Å². The van der Waals surface area contributed by atoms with Crippen molar-refractivity contribution in [3.8, 4) is 0 Å². The SMILES string of the molecule is CCCCc1nc(CC=CO)c(Cl)n1Cc1ccc(NC(=O)c2ccccc2NS(=O)(=O)C(F)(F)F)cc1. The molecule has 0 atom stereocenters. The van der Waals surface area contributed by atoms with Gasteiger partial charge in [0, 0.05) is 18.5 Å². The Kier molecular flexibility index (Phi) is 9.45. The van der Waals surface area contributed by atoms with Gasteiger partial charge in [-0.2, -0.15) is 21.6 Å². The van der Waals surface area contributed by atoms with Crippen molar-refractivity contribution in [3.63, 3.8) is 0 Å². The molecule has 1 amide bonds. The molecule has 0 aliphatic heterocycles. The van der Waals surface area contributed by atoms with E-state index < -0.39 is 27.1 Å². The van der Waals surface area contributed by atoms with Crippen LogP contribution in [0.2, 0.25) is 5.15 Å². The number of anilines is 2. The first-order chi connectivity index (χ1) is 18.0. The summed E-state index contributed by atoms with van der Waals surface area (Å²) in [4.78, 5) is 17.4. The number of para-hydroxylation sites is 1. The van der Waals surface area contributed by atoms with E-state index in [0.29, 0.717) is 29.5 Å². The number of sulfonamides is 1. The van der Waals surface area contributed by atoms with Crippen LogP contribution in [0.4, 0.5) is 24.5 Å². The molecule has 0 unspecified atom stereocenters. The molecule has 1 heterocycles. The van der Waals surface area contributed by atoms with Crippen LogP contribution >= 0.6 is 11.6 Å². The number of benzene rings is 2. The number of hydrogen-bond acceptors (Lipinski definition) is 5. The minimum atomic E-state index is -5.70. The first kappa shape index (κ1) is 29.1. The Balaban J connectivity index is 1.77. The van der Waals surface area contributed by atoms with E-state index >= 15 is 0 Å². The highest BCUT2D eigenvalue weighted by molar-refractivity contribution is 7.93. The molecule has 0 saturated carbocycles. The van der Waals surface area contributed by atoms with Crippen molar-refractivity contribution in [2.75, 3.05) is 10.0 Å². The number of carbonyl (C=O) groups excluding carboxylic acids is 1. The van der Waals surface area contributed by atoms with Crippen molar-refractivity contribution >= 4 is 38.9 Å². The minimum absolute atomic E-state index is 0.278. The zero-order valence-electron chi connectivity index (χ0n) is 20.3. The second-order valence-corrected chi connectivity index (χ2v) is 10.3. The number of nitrogens with zero attached hydrogens (tertiary/aromatic N) is 2. The monoisotopic (exact) mass is 570 g/mol. The number of unbranched alkanes of at least 4 members (excludes halogenated alkanes) is 1. The molecular formula is C25H26ClF3N4O4S. The topological polar surface area (TPSA) is 113 Å². The van der Waals surface area contributed by atoms with Gasteiger partial charge in [-0.15, -0.1) is 0 Å². The fraction of sp³-hybridized carbons (Fsp3) is 0.280. The molecule has 2 aromatic carbocycles. The van der Waals surface area contributed by atoms with Crippen molar-refractivity contribution < 1.29 is 31.5 Å². The third kappa shape index (κ3) is 7.07. The van der Waals surface area contributed by atoms with Gasteiger partial charge >= 0.3 is 15.5 Å². The molecule has 3 N–H and O–H groups in total. The molecule has 204 valence electrons. The number of aliphatic hydroxyl groups is 1. The summed E-state index contributed by atoms with van der Waals surface area (Å²) in [5.41, 5.74) is -4.46. The Bertz CT molecular complexity index is 1400. The smallest absolute Gasteiger partial charge is 0.516 e. The summed E-state index contributed by atoms with van der Waals surface area (Å²) >= 11 is 6.56. The van der Waals surface area contributed by atoms with Crippen LogP contribution in [0.25, 0.3) is 0 Å². The zero-order chi connectivity index (χ0) is 27.9. The number of amides is 1. The summed E-state index contributed by atoms with van der Waals surface area (Å²) < 4.78 is 64.7. The maximum atomic E-state index is 12.8. The van der Waals surface area contributed by atoms with Gasteiger partial charge in [-0.25, -0.2) is 4.98 Å². The van der Waals surface area contributed by atoms with E-state index in [0.717, 1.165) is 43.0 Å². The van der Waals surface area contributed by atoms with Gasteiger partial charge in [-0.1, -0.05) is 49.2 Å². The predicted molar refractivity (Wildman–Crippen MR) is 140 cm³/mol. The molecule has 0 aliphatic rings. The predicted octanol–water partition coefficient (Wildman–Crippen LogP) is 6.06. The van der Waals surface area contributed by atoms with Gasteiger partial charge in [0.1, 0.15) is 11.0 Å². The molecule has 0 bridgehead atoms. The minimum Gasteiger partial charge on any atom is -0.516 e. The molecular weight excluding hydrogens is 545 g/mol. The maximum Gasteiger partial charge on any atom is 0.516 e. The first-order valence-corrected chi connectivity index (χ1v) is 13.4. The average Bonchev–Trinajstić information content (AvgIpc) is 3.15. The highest BCUT2D eigenvalue weighted by atomic mass is 35.5. The van der Waals surface area contributed by atoms with Crippen molar-refractivity contribution in [1.29, 1.82) is 0 Å². The van der Waals surface area contributed by atoms with Crippen LogP contribution in [-0.2, 0) is 29.4 Å². The normalized spacial score (nSPS) is 12.1. The van der Waals surface area contributed by atoms with Crippen molar-refractivity contribution in [3.05, 3.63) is 88.7 Å². The number of allylic oxidation sites excluding steroid dienone is 1. The van der Waals surface area contributed by atoms with Crippen LogP contribution < -0.4 is 10.0 Å². The molecule has 8 nitrogen and oxygen atoms in total. The molecule has 0 radical (unpaired) electrons. The lowest BCUT2D eigenvalue weighted by Crippen LogP contribution is -2.30. The number of carbonyl (C=O) groups is 1. The van der Waals surface area contributed by atoms with E-state index in [2.05, 4.69) is 17.2 Å². The largest absolute Gasteiger partial charge is 0.516 e. The number of nitrogens with one attached hydrogen (secondary N) is 2. The quantitative estimate of drug-likeness (QED) is 0.243. The van der Waals surface area contributed by atoms with E-state index in [-0.39, 0.29) is 5.56 Å². The van der Waals surface area contributed by atoms with Crippen LogP contribution in [0.5, 0.6) is 0 Å². The number of aromatic nitrogens is 2. The van der Waals surface area contributed by atoms with Crippen LogP contribution in [0.1, 0.15) is 47.2 Å². The summed E-state index contributed by atoms with van der Waals surface area (Å²) in [7, 11) is -5.70. The van der Waals surface area contributed by atoms with Gasteiger partial charge in [-0.3, -0.25) is 9.52 Å². The average molecular weight is 571 g/mol. The Morgan fingerprint density at radius 2 is 1.84 bits per heavy atom. The Hall–Kier alpha value is -3.51. The molecule has 0 aliphatic carbocycles. The zero-order valence-corrected chi connectivity index (χ0v) is 21.9. The number of aliphatic hydroxyl groups excluding tert-OH is 1. The lowest BCUT2D eigenvalue weighted by Gasteiger charge is -2.14. The van der Waals surface area contributed by atoms with E-state index in [4.69, 9.17) is 16.7 Å². The van der Waals surface area contributed by atoms with Gasteiger partial charge in [0.05, 0.1) is 29.8 Å². The number of hydrogen-bond donors (Lipinski definition) is 3. The van der Waals surface area contributed by atoms with E-state index in [9.17, 15) is 26.4 Å². The van der Waals surface area contributed by atoms with Gasteiger partial charge in [0.25, 0.3) is 5.91 Å². The summed E-state index contributed by atoms with van der Waals surface area (Å²) in [6.07, 6.45) is 5.50. The standard InChI is InChI=1S/C25H26ClF3N4O4S/c1-2-3-10-22-31-21(9-6-15-34)23(26)33(22)16-17-11-13-18(14-12-17)30-24(35)19-7-4-5-8-20(19)32-38(36,37)25(27,28)29/h4-8,11-15,32,34H,2-3,9-10,16H2,1H3,(H,30,35). The third-order valence-corrected chi connectivity index (χ3v) is 7.01. The molecule has 0 saturated heterocycles. The van der Waals surface area contributed by atoms with Crippen LogP contribution in [-0.4, -0.2) is 34.5 Å².